The number of carbonyl (C=O) groups excluding carboxylic acids is 1. The molecule has 1 fully saturated rings. The van der Waals surface area contributed by atoms with Gasteiger partial charge in [-0.1, -0.05) is 22.0 Å². The highest BCUT2D eigenvalue weighted by Gasteiger charge is 2.20. The number of nitrogens with one attached hydrogen (secondary N) is 1. The van der Waals surface area contributed by atoms with E-state index in [1.54, 1.807) is 0 Å². The highest BCUT2D eigenvalue weighted by atomic mass is 79.9. The van der Waals surface area contributed by atoms with Gasteiger partial charge in [0.15, 0.2) is 0 Å². The molecule has 1 aliphatic carbocycles. The zero-order valence-corrected chi connectivity index (χ0v) is 12.7. The van der Waals surface area contributed by atoms with E-state index in [1.807, 2.05) is 25.1 Å². The van der Waals surface area contributed by atoms with Crippen molar-refractivity contribution in [1.29, 1.82) is 0 Å². The molecule has 1 aliphatic rings. The summed E-state index contributed by atoms with van der Waals surface area (Å²) in [5.74, 6) is 0.490. The van der Waals surface area contributed by atoms with Crippen molar-refractivity contribution in [3.63, 3.8) is 0 Å². The Morgan fingerprint density at radius 3 is 2.74 bits per heavy atom. The molecule has 0 aliphatic heterocycles. The molecule has 0 spiro atoms. The summed E-state index contributed by atoms with van der Waals surface area (Å²) in [5.41, 5.74) is 1.71. The molecule has 0 saturated heterocycles. The lowest BCUT2D eigenvalue weighted by Crippen LogP contribution is -2.32. The van der Waals surface area contributed by atoms with Crippen LogP contribution in [0.25, 0.3) is 0 Å². The molecule has 1 saturated carbocycles. The molecular weight excluding hydrogens is 306 g/mol. The van der Waals surface area contributed by atoms with Crippen LogP contribution in [0.15, 0.2) is 22.7 Å². The standard InChI is InChI=1S/C15H20BrNO2/c1-10-2-5-12(16)8-14(10)15(19)17-9-11-3-6-13(18)7-4-11/h2,5,8,11,13,18H,3-4,6-7,9H2,1H3,(H,17,19). The zero-order chi connectivity index (χ0) is 13.8. The van der Waals surface area contributed by atoms with Crippen molar-refractivity contribution in [2.45, 2.75) is 38.7 Å². The van der Waals surface area contributed by atoms with Gasteiger partial charge in [0.1, 0.15) is 0 Å². The second-order valence-electron chi connectivity index (χ2n) is 5.34. The fourth-order valence-electron chi connectivity index (χ4n) is 2.52. The number of hydrogen-bond donors (Lipinski definition) is 2. The second kappa shape index (κ2) is 6.53. The predicted octanol–water partition coefficient (Wildman–Crippen LogP) is 3.04. The number of aryl methyl sites for hydroxylation is 1. The third-order valence-corrected chi connectivity index (χ3v) is 4.31. The lowest BCUT2D eigenvalue weighted by atomic mass is 9.87. The molecule has 0 radical (unpaired) electrons. The Hall–Kier alpha value is -0.870. The highest BCUT2D eigenvalue weighted by Crippen LogP contribution is 2.23. The van der Waals surface area contributed by atoms with E-state index in [0.29, 0.717) is 12.5 Å². The van der Waals surface area contributed by atoms with Gasteiger partial charge in [0.2, 0.25) is 0 Å². The van der Waals surface area contributed by atoms with Crippen LogP contribution in [0.4, 0.5) is 0 Å². The van der Waals surface area contributed by atoms with Gasteiger partial charge in [-0.3, -0.25) is 4.79 Å². The molecule has 0 aromatic heterocycles. The van der Waals surface area contributed by atoms with Crippen LogP contribution in [0.5, 0.6) is 0 Å². The van der Waals surface area contributed by atoms with Gasteiger partial charge >= 0.3 is 0 Å². The van der Waals surface area contributed by atoms with Crippen LogP contribution in [0.2, 0.25) is 0 Å². The summed E-state index contributed by atoms with van der Waals surface area (Å²) in [5, 5.41) is 12.5. The molecule has 2 N–H and O–H groups in total. The third-order valence-electron chi connectivity index (χ3n) is 3.81. The largest absolute Gasteiger partial charge is 0.393 e. The maximum atomic E-state index is 12.1. The van der Waals surface area contributed by atoms with Crippen molar-refractivity contribution in [3.8, 4) is 0 Å². The monoisotopic (exact) mass is 325 g/mol. The van der Waals surface area contributed by atoms with E-state index in [-0.39, 0.29) is 12.0 Å². The van der Waals surface area contributed by atoms with Gasteiger partial charge in [0, 0.05) is 16.6 Å². The molecule has 1 aromatic carbocycles. The summed E-state index contributed by atoms with van der Waals surface area (Å²) in [6.45, 7) is 2.65. The van der Waals surface area contributed by atoms with Crippen LogP contribution < -0.4 is 5.32 Å². The Bertz CT molecular complexity index is 453. The van der Waals surface area contributed by atoms with Crippen LogP contribution in [0, 0.1) is 12.8 Å². The summed E-state index contributed by atoms with van der Waals surface area (Å²) in [4.78, 5) is 12.1. The minimum absolute atomic E-state index is 0.00933. The topological polar surface area (TPSA) is 49.3 Å². The minimum Gasteiger partial charge on any atom is -0.393 e. The molecule has 3 nitrogen and oxygen atoms in total. The Morgan fingerprint density at radius 2 is 2.05 bits per heavy atom. The third kappa shape index (κ3) is 4.05. The van der Waals surface area contributed by atoms with E-state index < -0.39 is 0 Å². The second-order valence-corrected chi connectivity index (χ2v) is 6.26. The fourth-order valence-corrected chi connectivity index (χ4v) is 2.88. The van der Waals surface area contributed by atoms with E-state index in [0.717, 1.165) is 41.3 Å². The molecule has 0 heterocycles. The van der Waals surface area contributed by atoms with Crippen molar-refractivity contribution in [2.24, 2.45) is 5.92 Å². The molecule has 0 unspecified atom stereocenters. The first-order valence-corrected chi connectivity index (χ1v) is 7.58. The van der Waals surface area contributed by atoms with Crippen molar-refractivity contribution in [3.05, 3.63) is 33.8 Å². The molecule has 0 bridgehead atoms. The SMILES string of the molecule is Cc1ccc(Br)cc1C(=O)NCC1CCC(O)CC1. The first kappa shape index (κ1) is 14.5. The van der Waals surface area contributed by atoms with Crippen molar-refractivity contribution in [2.75, 3.05) is 6.54 Å². The van der Waals surface area contributed by atoms with Crippen LogP contribution in [0.1, 0.15) is 41.6 Å². The number of aliphatic hydroxyl groups is 1. The number of hydrogen-bond acceptors (Lipinski definition) is 2. The summed E-state index contributed by atoms with van der Waals surface area (Å²) < 4.78 is 0.920. The van der Waals surface area contributed by atoms with Gasteiger partial charge < -0.3 is 10.4 Å². The van der Waals surface area contributed by atoms with Gasteiger partial charge in [-0.15, -0.1) is 0 Å². The van der Waals surface area contributed by atoms with Gasteiger partial charge in [-0.25, -0.2) is 0 Å². The molecule has 1 aromatic rings. The minimum atomic E-state index is -0.140. The Morgan fingerprint density at radius 1 is 1.37 bits per heavy atom. The predicted molar refractivity (Wildman–Crippen MR) is 79.2 cm³/mol. The lowest BCUT2D eigenvalue weighted by Gasteiger charge is -2.25. The maximum absolute atomic E-state index is 12.1. The molecule has 19 heavy (non-hydrogen) atoms. The Labute approximate surface area is 122 Å². The maximum Gasteiger partial charge on any atom is 0.251 e. The zero-order valence-electron chi connectivity index (χ0n) is 11.2. The fraction of sp³-hybridized carbons (Fsp3) is 0.533. The number of aliphatic hydroxyl groups excluding tert-OH is 1. The van der Waals surface area contributed by atoms with Crippen LogP contribution >= 0.6 is 15.9 Å². The summed E-state index contributed by atoms with van der Waals surface area (Å²) in [7, 11) is 0. The molecule has 1 amide bonds. The molecule has 2 rings (SSSR count). The van der Waals surface area contributed by atoms with Gasteiger partial charge in [-0.2, -0.15) is 0 Å². The summed E-state index contributed by atoms with van der Waals surface area (Å²) in [6.07, 6.45) is 3.57. The van der Waals surface area contributed by atoms with E-state index in [4.69, 9.17) is 0 Å². The number of amides is 1. The van der Waals surface area contributed by atoms with Crippen LogP contribution in [0.3, 0.4) is 0 Å². The molecule has 104 valence electrons. The Balaban J connectivity index is 1.89. The first-order chi connectivity index (χ1) is 9.06. The van der Waals surface area contributed by atoms with Crippen molar-refractivity contribution < 1.29 is 9.90 Å². The van der Waals surface area contributed by atoms with E-state index in [1.165, 1.54) is 0 Å². The number of rotatable bonds is 3. The average molecular weight is 326 g/mol. The normalized spacial score (nSPS) is 23.1. The van der Waals surface area contributed by atoms with Gasteiger partial charge in [0.05, 0.1) is 6.10 Å². The van der Waals surface area contributed by atoms with E-state index in [9.17, 15) is 9.90 Å². The molecule has 4 heteroatoms. The quantitative estimate of drug-likeness (QED) is 0.897. The van der Waals surface area contributed by atoms with Crippen molar-refractivity contribution >= 4 is 21.8 Å². The van der Waals surface area contributed by atoms with Crippen LogP contribution in [-0.2, 0) is 0 Å². The van der Waals surface area contributed by atoms with Gasteiger partial charge in [0.25, 0.3) is 5.91 Å². The smallest absolute Gasteiger partial charge is 0.251 e. The summed E-state index contributed by atoms with van der Waals surface area (Å²) >= 11 is 3.39. The lowest BCUT2D eigenvalue weighted by molar-refractivity contribution is 0.0909. The highest BCUT2D eigenvalue weighted by molar-refractivity contribution is 9.10. The van der Waals surface area contributed by atoms with E-state index >= 15 is 0 Å². The van der Waals surface area contributed by atoms with Gasteiger partial charge in [-0.05, 0) is 56.2 Å². The number of carbonyl (C=O) groups is 1. The summed E-state index contributed by atoms with van der Waals surface area (Å²) in [6, 6.07) is 5.74. The molecule has 0 atom stereocenters. The van der Waals surface area contributed by atoms with Crippen LogP contribution in [-0.4, -0.2) is 23.7 Å². The number of halogens is 1. The van der Waals surface area contributed by atoms with Crippen molar-refractivity contribution in [1.82, 2.24) is 5.32 Å². The van der Waals surface area contributed by atoms with E-state index in [2.05, 4.69) is 21.2 Å². The number of benzene rings is 1. The average Bonchev–Trinajstić information content (AvgIpc) is 2.40. The Kier molecular flexibility index (Phi) is 4.99. The molecular formula is C15H20BrNO2. The first-order valence-electron chi connectivity index (χ1n) is 6.78.